The molecule has 2 amide bonds. The van der Waals surface area contributed by atoms with Gasteiger partial charge in [0.25, 0.3) is 5.91 Å². The molecule has 8 heteroatoms. The number of aromatic nitrogens is 3. The zero-order valence-corrected chi connectivity index (χ0v) is 15.2. The van der Waals surface area contributed by atoms with Crippen LogP contribution in [-0.2, 0) is 4.74 Å². The maximum Gasteiger partial charge on any atom is 0.410 e. The van der Waals surface area contributed by atoms with E-state index in [2.05, 4.69) is 15.0 Å². The van der Waals surface area contributed by atoms with E-state index in [1.807, 2.05) is 12.1 Å². The fraction of sp³-hybridized carbons (Fsp3) is 0.421. The maximum atomic E-state index is 12.8. The molecule has 2 aliphatic rings. The first-order valence-electron chi connectivity index (χ1n) is 9.02. The summed E-state index contributed by atoms with van der Waals surface area (Å²) in [6.07, 6.45) is 8.41. The summed E-state index contributed by atoms with van der Waals surface area (Å²) in [5.74, 6) is 0.442. The molecule has 1 atom stereocenters. The van der Waals surface area contributed by atoms with E-state index in [0.717, 1.165) is 18.4 Å². The van der Waals surface area contributed by atoms with Crippen LogP contribution in [0.15, 0.2) is 36.9 Å². The van der Waals surface area contributed by atoms with Crippen molar-refractivity contribution in [2.75, 3.05) is 26.7 Å². The number of pyridine rings is 1. The summed E-state index contributed by atoms with van der Waals surface area (Å²) in [6, 6.07) is 3.69. The first-order valence-corrected chi connectivity index (χ1v) is 9.02. The van der Waals surface area contributed by atoms with Crippen LogP contribution in [0.1, 0.15) is 29.6 Å². The predicted octanol–water partition coefficient (Wildman–Crippen LogP) is 1.99. The smallest absolute Gasteiger partial charge is 0.410 e. The second-order valence-electron chi connectivity index (χ2n) is 7.09. The van der Waals surface area contributed by atoms with Crippen molar-refractivity contribution in [1.29, 1.82) is 0 Å². The number of likely N-dealkylation sites (N-methyl/N-ethyl adjacent to an activating group) is 1. The molecule has 2 aromatic rings. The van der Waals surface area contributed by atoms with E-state index in [4.69, 9.17) is 4.74 Å². The lowest BCUT2D eigenvalue weighted by atomic mass is 9.95. The summed E-state index contributed by atoms with van der Waals surface area (Å²) in [4.78, 5) is 40.7. The van der Waals surface area contributed by atoms with Gasteiger partial charge in [-0.1, -0.05) is 0 Å². The molecule has 1 spiro atoms. The van der Waals surface area contributed by atoms with Crippen LogP contribution in [0.25, 0.3) is 11.4 Å². The number of nitrogens with zero attached hydrogens (tertiary/aromatic N) is 5. The highest BCUT2D eigenvalue weighted by Crippen LogP contribution is 2.32. The first-order chi connectivity index (χ1) is 13.1. The van der Waals surface area contributed by atoms with Crippen molar-refractivity contribution in [3.63, 3.8) is 0 Å². The zero-order valence-electron chi connectivity index (χ0n) is 15.2. The van der Waals surface area contributed by atoms with Gasteiger partial charge < -0.3 is 14.5 Å². The molecule has 2 aliphatic heterocycles. The highest BCUT2D eigenvalue weighted by Gasteiger charge is 2.44. The molecule has 27 heavy (non-hydrogen) atoms. The third-order valence-corrected chi connectivity index (χ3v) is 5.14. The standard InChI is InChI=1S/C19H21N5O3/c1-23-13-19(27-18(23)26)5-3-8-24(9-6-19)17(25)15-11-21-16(22-12-15)14-4-2-7-20-10-14/h2,4,7,10-12H,3,5-6,8-9,13H2,1H3. The van der Waals surface area contributed by atoms with Gasteiger partial charge >= 0.3 is 6.09 Å². The van der Waals surface area contributed by atoms with Gasteiger partial charge in [0, 0.05) is 56.9 Å². The molecule has 0 radical (unpaired) electrons. The first kappa shape index (κ1) is 17.4. The van der Waals surface area contributed by atoms with Crippen molar-refractivity contribution in [1.82, 2.24) is 24.8 Å². The van der Waals surface area contributed by atoms with Crippen molar-refractivity contribution in [3.8, 4) is 11.4 Å². The average molecular weight is 367 g/mol. The quantitative estimate of drug-likeness (QED) is 0.806. The second-order valence-corrected chi connectivity index (χ2v) is 7.09. The van der Waals surface area contributed by atoms with Crippen LogP contribution in [0.5, 0.6) is 0 Å². The number of carbonyl (C=O) groups excluding carboxylic acids is 2. The number of hydrogen-bond acceptors (Lipinski definition) is 6. The molecule has 2 aromatic heterocycles. The second kappa shape index (κ2) is 6.94. The lowest BCUT2D eigenvalue weighted by Gasteiger charge is -2.25. The molecule has 2 fully saturated rings. The molecule has 1 unspecified atom stereocenters. The monoisotopic (exact) mass is 367 g/mol. The molecule has 4 rings (SSSR count). The lowest BCUT2D eigenvalue weighted by molar-refractivity contribution is 0.0438. The Hall–Kier alpha value is -3.03. The van der Waals surface area contributed by atoms with Gasteiger partial charge in [0.05, 0.1) is 12.1 Å². The topological polar surface area (TPSA) is 88.5 Å². The Kier molecular flexibility index (Phi) is 4.47. The molecule has 0 aromatic carbocycles. The summed E-state index contributed by atoms with van der Waals surface area (Å²) in [5, 5.41) is 0. The highest BCUT2D eigenvalue weighted by molar-refractivity contribution is 5.93. The number of amides is 2. The number of likely N-dealkylation sites (tertiary alicyclic amines) is 1. The van der Waals surface area contributed by atoms with Crippen molar-refractivity contribution >= 4 is 12.0 Å². The lowest BCUT2D eigenvalue weighted by Crippen LogP contribution is -2.36. The summed E-state index contributed by atoms with van der Waals surface area (Å²) in [6.45, 7) is 1.76. The Morgan fingerprint density at radius 1 is 1.19 bits per heavy atom. The van der Waals surface area contributed by atoms with Crippen molar-refractivity contribution in [2.45, 2.75) is 24.9 Å². The Balaban J connectivity index is 1.45. The van der Waals surface area contributed by atoms with Crippen LogP contribution in [-0.4, -0.2) is 69.0 Å². The minimum absolute atomic E-state index is 0.0949. The summed E-state index contributed by atoms with van der Waals surface area (Å²) in [7, 11) is 1.74. The van der Waals surface area contributed by atoms with Crippen molar-refractivity contribution in [2.24, 2.45) is 0 Å². The maximum absolute atomic E-state index is 12.8. The molecule has 4 heterocycles. The molecule has 2 saturated heterocycles. The fourth-order valence-corrected chi connectivity index (χ4v) is 3.69. The predicted molar refractivity (Wildman–Crippen MR) is 96.9 cm³/mol. The van der Waals surface area contributed by atoms with E-state index in [1.165, 1.54) is 0 Å². The molecule has 0 saturated carbocycles. The molecular formula is C19H21N5O3. The van der Waals surface area contributed by atoms with Crippen molar-refractivity contribution < 1.29 is 14.3 Å². The number of hydrogen-bond donors (Lipinski definition) is 0. The van der Waals surface area contributed by atoms with Crippen LogP contribution in [0.2, 0.25) is 0 Å². The van der Waals surface area contributed by atoms with E-state index >= 15 is 0 Å². The van der Waals surface area contributed by atoms with E-state index in [9.17, 15) is 9.59 Å². The van der Waals surface area contributed by atoms with Crippen LogP contribution in [0.3, 0.4) is 0 Å². The third kappa shape index (κ3) is 3.47. The minimum Gasteiger partial charge on any atom is -0.441 e. The fourth-order valence-electron chi connectivity index (χ4n) is 3.69. The number of carbonyl (C=O) groups is 2. The van der Waals surface area contributed by atoms with Gasteiger partial charge in [-0.15, -0.1) is 0 Å². The summed E-state index contributed by atoms with van der Waals surface area (Å²) < 4.78 is 5.60. The Morgan fingerprint density at radius 3 is 2.67 bits per heavy atom. The molecule has 0 aliphatic carbocycles. The van der Waals surface area contributed by atoms with E-state index < -0.39 is 5.60 Å². The van der Waals surface area contributed by atoms with Gasteiger partial charge in [0.15, 0.2) is 5.82 Å². The molecule has 0 N–H and O–H groups in total. The Bertz CT molecular complexity index is 842. The van der Waals surface area contributed by atoms with Gasteiger partial charge in [-0.3, -0.25) is 9.78 Å². The largest absolute Gasteiger partial charge is 0.441 e. The summed E-state index contributed by atoms with van der Waals surface area (Å²) in [5.41, 5.74) is 0.793. The number of rotatable bonds is 2. The van der Waals surface area contributed by atoms with Gasteiger partial charge in [-0.25, -0.2) is 14.8 Å². The van der Waals surface area contributed by atoms with Gasteiger partial charge in [-0.2, -0.15) is 0 Å². The van der Waals surface area contributed by atoms with E-state index in [-0.39, 0.29) is 12.0 Å². The molecule has 8 nitrogen and oxygen atoms in total. The minimum atomic E-state index is -0.471. The molecular weight excluding hydrogens is 346 g/mol. The normalized spacial score (nSPS) is 22.6. The SMILES string of the molecule is CN1CC2(CCCN(C(=O)c3cnc(-c4cccnc4)nc3)CC2)OC1=O. The van der Waals surface area contributed by atoms with Gasteiger partial charge in [0.1, 0.15) is 5.60 Å². The summed E-state index contributed by atoms with van der Waals surface area (Å²) >= 11 is 0. The third-order valence-electron chi connectivity index (χ3n) is 5.14. The Labute approximate surface area is 157 Å². The van der Waals surface area contributed by atoms with Crippen molar-refractivity contribution in [3.05, 3.63) is 42.5 Å². The zero-order chi connectivity index (χ0) is 18.9. The van der Waals surface area contributed by atoms with Crippen LogP contribution in [0.4, 0.5) is 4.79 Å². The van der Waals surface area contributed by atoms with Crippen LogP contribution in [0, 0.1) is 0 Å². The molecule has 140 valence electrons. The molecule has 0 bridgehead atoms. The Morgan fingerprint density at radius 2 is 2.00 bits per heavy atom. The average Bonchev–Trinajstić information content (AvgIpc) is 2.85. The number of ether oxygens (including phenoxy) is 1. The van der Waals surface area contributed by atoms with E-state index in [0.29, 0.717) is 37.4 Å². The van der Waals surface area contributed by atoms with Crippen LogP contribution < -0.4 is 0 Å². The van der Waals surface area contributed by atoms with E-state index in [1.54, 1.807) is 41.6 Å². The highest BCUT2D eigenvalue weighted by atomic mass is 16.6. The van der Waals surface area contributed by atoms with Crippen LogP contribution >= 0.6 is 0 Å². The van der Waals surface area contributed by atoms with Gasteiger partial charge in [-0.05, 0) is 25.0 Å². The van der Waals surface area contributed by atoms with Gasteiger partial charge in [0.2, 0.25) is 0 Å².